The van der Waals surface area contributed by atoms with E-state index in [2.05, 4.69) is 9.72 Å². The summed E-state index contributed by atoms with van der Waals surface area (Å²) in [5.41, 5.74) is 0.746. The molecule has 0 fully saturated rings. The molecule has 0 amide bonds. The second kappa shape index (κ2) is 5.04. The number of carbonyl (C=O) groups excluding carboxylic acids is 1. The summed E-state index contributed by atoms with van der Waals surface area (Å²) in [6.07, 6.45) is 1.47. The third kappa shape index (κ3) is 2.60. The van der Waals surface area contributed by atoms with Gasteiger partial charge in [-0.25, -0.2) is 9.78 Å². The number of methoxy groups -OCH3 is 1. The zero-order chi connectivity index (χ0) is 12.4. The van der Waals surface area contributed by atoms with Crippen molar-refractivity contribution in [1.82, 2.24) is 4.98 Å². The van der Waals surface area contributed by atoms with E-state index in [9.17, 15) is 4.79 Å². The van der Waals surface area contributed by atoms with E-state index in [-0.39, 0.29) is 0 Å². The Balaban J connectivity index is 2.40. The average molecular weight is 288 g/mol. The van der Waals surface area contributed by atoms with Gasteiger partial charge in [-0.15, -0.1) is 11.3 Å². The van der Waals surface area contributed by atoms with Gasteiger partial charge in [-0.05, 0) is 18.2 Å². The fourth-order valence-corrected chi connectivity index (χ4v) is 2.68. The first-order valence-corrected chi connectivity index (χ1v) is 6.18. The lowest BCUT2D eigenvalue weighted by molar-refractivity contribution is 0.0606. The highest BCUT2D eigenvalue weighted by Crippen LogP contribution is 2.33. The second-order valence-corrected chi connectivity index (χ2v) is 5.02. The summed E-state index contributed by atoms with van der Waals surface area (Å²) in [5, 5.41) is 1.72. The van der Waals surface area contributed by atoms with Crippen molar-refractivity contribution in [3.8, 4) is 10.6 Å². The maximum absolute atomic E-state index is 11.3. The number of benzene rings is 1. The number of carbonyl (C=O) groups is 1. The predicted molar refractivity (Wildman–Crippen MR) is 68.9 cm³/mol. The third-order valence-electron chi connectivity index (χ3n) is 2.05. The standard InChI is InChI=1S/C11H7Cl2NO2S/c1-16-11(15)9-5-14-10(17-9)7-3-2-6(12)4-8(7)13/h2-5H,1H3. The molecular weight excluding hydrogens is 281 g/mol. The minimum absolute atomic E-state index is 0.404. The van der Waals surface area contributed by atoms with Crippen LogP contribution in [0.3, 0.4) is 0 Å². The molecule has 0 aliphatic rings. The van der Waals surface area contributed by atoms with Crippen LogP contribution in [0.4, 0.5) is 0 Å². The van der Waals surface area contributed by atoms with E-state index >= 15 is 0 Å². The summed E-state index contributed by atoms with van der Waals surface area (Å²) in [4.78, 5) is 15.9. The highest BCUT2D eigenvalue weighted by molar-refractivity contribution is 7.16. The van der Waals surface area contributed by atoms with Crippen molar-refractivity contribution in [1.29, 1.82) is 0 Å². The maximum Gasteiger partial charge on any atom is 0.349 e. The number of thiazole rings is 1. The smallest absolute Gasteiger partial charge is 0.349 e. The Morgan fingerprint density at radius 3 is 2.82 bits per heavy atom. The molecule has 1 aromatic carbocycles. The van der Waals surface area contributed by atoms with Crippen molar-refractivity contribution in [3.63, 3.8) is 0 Å². The Morgan fingerprint density at radius 1 is 1.41 bits per heavy atom. The molecular formula is C11H7Cl2NO2S. The van der Waals surface area contributed by atoms with Gasteiger partial charge < -0.3 is 4.74 Å². The van der Waals surface area contributed by atoms with Gasteiger partial charge in [0.25, 0.3) is 0 Å². The zero-order valence-corrected chi connectivity index (χ0v) is 11.1. The Kier molecular flexibility index (Phi) is 3.66. The SMILES string of the molecule is COC(=O)c1cnc(-c2ccc(Cl)cc2Cl)s1. The molecule has 1 aromatic heterocycles. The lowest BCUT2D eigenvalue weighted by Crippen LogP contribution is -1.96. The van der Waals surface area contributed by atoms with Gasteiger partial charge in [0.2, 0.25) is 0 Å². The van der Waals surface area contributed by atoms with Crippen LogP contribution in [0, 0.1) is 0 Å². The molecule has 0 saturated carbocycles. The van der Waals surface area contributed by atoms with Crippen LogP contribution in [0.15, 0.2) is 24.4 Å². The monoisotopic (exact) mass is 287 g/mol. The molecule has 0 aliphatic heterocycles. The van der Waals surface area contributed by atoms with Crippen LogP contribution < -0.4 is 0 Å². The molecule has 17 heavy (non-hydrogen) atoms. The van der Waals surface area contributed by atoms with E-state index in [0.29, 0.717) is 19.9 Å². The van der Waals surface area contributed by atoms with Gasteiger partial charge in [0.15, 0.2) is 0 Å². The second-order valence-electron chi connectivity index (χ2n) is 3.15. The van der Waals surface area contributed by atoms with Gasteiger partial charge in [-0.3, -0.25) is 0 Å². The van der Waals surface area contributed by atoms with Crippen molar-refractivity contribution in [2.45, 2.75) is 0 Å². The van der Waals surface area contributed by atoms with Gasteiger partial charge in [-0.2, -0.15) is 0 Å². The Hall–Kier alpha value is -1.10. The van der Waals surface area contributed by atoms with Crippen LogP contribution in [-0.4, -0.2) is 18.1 Å². The van der Waals surface area contributed by atoms with E-state index in [1.54, 1.807) is 18.2 Å². The molecule has 0 atom stereocenters. The fraction of sp³-hybridized carbons (Fsp3) is 0.0909. The summed E-state index contributed by atoms with van der Waals surface area (Å²) < 4.78 is 4.61. The highest BCUT2D eigenvalue weighted by atomic mass is 35.5. The topological polar surface area (TPSA) is 39.2 Å². The van der Waals surface area contributed by atoms with Crippen LogP contribution >= 0.6 is 34.5 Å². The molecule has 0 aliphatic carbocycles. The summed E-state index contributed by atoms with van der Waals surface area (Å²) in [5.74, 6) is -0.404. The fourth-order valence-electron chi connectivity index (χ4n) is 1.26. The summed E-state index contributed by atoms with van der Waals surface area (Å²) in [6, 6.07) is 5.13. The van der Waals surface area contributed by atoms with Gasteiger partial charge in [0.05, 0.1) is 18.3 Å². The van der Waals surface area contributed by atoms with E-state index < -0.39 is 5.97 Å². The number of rotatable bonds is 2. The van der Waals surface area contributed by atoms with Gasteiger partial charge in [0, 0.05) is 10.6 Å². The molecule has 0 N–H and O–H groups in total. The average Bonchev–Trinajstić information content (AvgIpc) is 2.77. The van der Waals surface area contributed by atoms with E-state index in [4.69, 9.17) is 23.2 Å². The number of nitrogens with zero attached hydrogens (tertiary/aromatic N) is 1. The lowest BCUT2D eigenvalue weighted by Gasteiger charge is -2.00. The van der Waals surface area contributed by atoms with Gasteiger partial charge >= 0.3 is 5.97 Å². The minimum atomic E-state index is -0.404. The third-order valence-corrected chi connectivity index (χ3v) is 3.61. The Labute approximate surface area is 112 Å². The zero-order valence-electron chi connectivity index (χ0n) is 8.74. The molecule has 0 saturated heterocycles. The number of halogens is 2. The van der Waals surface area contributed by atoms with Crippen LogP contribution in [-0.2, 0) is 4.74 Å². The highest BCUT2D eigenvalue weighted by Gasteiger charge is 2.13. The minimum Gasteiger partial charge on any atom is -0.465 e. The maximum atomic E-state index is 11.3. The van der Waals surface area contributed by atoms with Crippen LogP contribution in [0.5, 0.6) is 0 Å². The summed E-state index contributed by atoms with van der Waals surface area (Å²) >= 11 is 13.1. The van der Waals surface area contributed by atoms with Crippen molar-refractivity contribution >= 4 is 40.5 Å². The molecule has 2 aromatic rings. The van der Waals surface area contributed by atoms with Crippen molar-refractivity contribution in [3.05, 3.63) is 39.3 Å². The first-order chi connectivity index (χ1) is 8.11. The quantitative estimate of drug-likeness (QED) is 0.787. The van der Waals surface area contributed by atoms with Crippen molar-refractivity contribution in [2.75, 3.05) is 7.11 Å². The first-order valence-electron chi connectivity index (χ1n) is 4.61. The Morgan fingerprint density at radius 2 is 2.18 bits per heavy atom. The van der Waals surface area contributed by atoms with Crippen LogP contribution in [0.25, 0.3) is 10.6 Å². The summed E-state index contributed by atoms with van der Waals surface area (Å²) in [7, 11) is 1.33. The van der Waals surface area contributed by atoms with Crippen molar-refractivity contribution < 1.29 is 9.53 Å². The van der Waals surface area contributed by atoms with Crippen molar-refractivity contribution in [2.24, 2.45) is 0 Å². The van der Waals surface area contributed by atoms with Gasteiger partial charge in [-0.1, -0.05) is 23.2 Å². The number of aromatic nitrogens is 1. The molecule has 0 bridgehead atoms. The molecule has 6 heteroatoms. The molecule has 0 spiro atoms. The summed E-state index contributed by atoms with van der Waals surface area (Å²) in [6.45, 7) is 0. The number of ether oxygens (including phenoxy) is 1. The largest absolute Gasteiger partial charge is 0.465 e. The van der Waals surface area contributed by atoms with E-state index in [1.807, 2.05) is 0 Å². The molecule has 2 rings (SSSR count). The van der Waals surface area contributed by atoms with E-state index in [1.165, 1.54) is 24.6 Å². The molecule has 1 heterocycles. The normalized spacial score (nSPS) is 10.3. The number of hydrogen-bond donors (Lipinski definition) is 0. The molecule has 3 nitrogen and oxygen atoms in total. The number of hydrogen-bond acceptors (Lipinski definition) is 4. The predicted octanol–water partition coefficient (Wildman–Crippen LogP) is 3.90. The lowest BCUT2D eigenvalue weighted by atomic mass is 10.2. The molecule has 0 radical (unpaired) electrons. The molecule has 88 valence electrons. The molecule has 0 unspecified atom stereocenters. The Bertz CT molecular complexity index is 568. The first kappa shape index (κ1) is 12.4. The van der Waals surface area contributed by atoms with Crippen LogP contribution in [0.2, 0.25) is 10.0 Å². The van der Waals surface area contributed by atoms with Crippen LogP contribution in [0.1, 0.15) is 9.67 Å². The number of esters is 1. The van der Waals surface area contributed by atoms with Gasteiger partial charge in [0.1, 0.15) is 9.88 Å². The van der Waals surface area contributed by atoms with E-state index in [0.717, 1.165) is 5.56 Å².